The maximum absolute atomic E-state index is 12.9. The van der Waals surface area contributed by atoms with Gasteiger partial charge in [0.05, 0.1) is 19.3 Å². The third-order valence-electron chi connectivity index (χ3n) is 11.2. The number of allylic oxidation sites excluding steroid dienone is 7. The minimum Gasteiger partial charge on any atom is -0.462 e. The van der Waals surface area contributed by atoms with Gasteiger partial charge in [-0.1, -0.05) is 153 Å². The first-order valence-corrected chi connectivity index (χ1v) is 28.1. The third-order valence-corrected chi connectivity index (χ3v) is 13.8. The fourth-order valence-corrected chi connectivity index (χ4v) is 9.36. The number of ether oxygens (including phenoxy) is 3. The Balaban J connectivity index is 1.87. The highest BCUT2D eigenvalue weighted by molar-refractivity contribution is 7.61. The Morgan fingerprint density at radius 2 is 1.40 bits per heavy atom. The number of rotatable bonds is 40. The zero-order chi connectivity index (χ0) is 51.6. The minimum atomic E-state index is -5.47. The van der Waals surface area contributed by atoms with Crippen LogP contribution in [0.2, 0.25) is 0 Å². The normalized spacial score (nSPS) is 20.2. The van der Waals surface area contributed by atoms with E-state index in [9.17, 15) is 48.6 Å². The van der Waals surface area contributed by atoms with E-state index in [1.807, 2.05) is 12.2 Å². The number of nitrogen functional groups attached to an aromatic ring is 1. The monoisotopic (exact) mass is 1030 g/mol. The molecule has 0 radical (unpaired) electrons. The van der Waals surface area contributed by atoms with E-state index in [1.54, 1.807) is 12.2 Å². The largest absolute Gasteiger partial charge is 0.481 e. The second-order valence-electron chi connectivity index (χ2n) is 18.0. The van der Waals surface area contributed by atoms with Crippen molar-refractivity contribution in [3.8, 4) is 0 Å². The molecule has 2 heterocycles. The molecular formula is C49H83N3O16P2. The van der Waals surface area contributed by atoms with E-state index in [2.05, 4.69) is 54.4 Å². The van der Waals surface area contributed by atoms with Crippen molar-refractivity contribution in [3.63, 3.8) is 0 Å². The molecule has 1 fully saturated rings. The number of aromatic nitrogens is 2. The molecule has 400 valence electrons. The van der Waals surface area contributed by atoms with Crippen LogP contribution in [-0.4, -0.2) is 96.9 Å². The summed E-state index contributed by atoms with van der Waals surface area (Å²) in [5.74, 6) is -0.751. The van der Waals surface area contributed by atoms with Crippen LogP contribution in [0, 0.1) is 5.92 Å². The van der Waals surface area contributed by atoms with Gasteiger partial charge in [-0.05, 0) is 56.9 Å². The Labute approximate surface area is 414 Å². The fourth-order valence-electron chi connectivity index (χ4n) is 7.25. The van der Waals surface area contributed by atoms with Crippen molar-refractivity contribution in [2.24, 2.45) is 5.92 Å². The van der Waals surface area contributed by atoms with Gasteiger partial charge in [0.2, 0.25) is 0 Å². The number of esters is 2. The highest BCUT2D eigenvalue weighted by Gasteiger charge is 2.46. The number of aliphatic hydroxyl groups is 3. The number of hydrogen-bond acceptors (Lipinski definition) is 16. The molecule has 0 aromatic carbocycles. The summed E-state index contributed by atoms with van der Waals surface area (Å²) in [6.07, 6.45) is 28.0. The molecule has 1 aromatic rings. The zero-order valence-corrected chi connectivity index (χ0v) is 43.4. The molecule has 0 saturated carbocycles. The van der Waals surface area contributed by atoms with Crippen LogP contribution in [0.25, 0.3) is 0 Å². The molecule has 2 unspecified atom stereocenters. The summed E-state index contributed by atoms with van der Waals surface area (Å²) >= 11 is 0. The van der Waals surface area contributed by atoms with Gasteiger partial charge in [-0.15, -0.1) is 0 Å². The quantitative estimate of drug-likeness (QED) is 0.0117. The molecule has 0 aliphatic carbocycles. The predicted molar refractivity (Wildman–Crippen MR) is 267 cm³/mol. The summed E-state index contributed by atoms with van der Waals surface area (Å²) in [6, 6.07) is 1.24. The molecule has 1 aliphatic rings. The number of phosphoric ester groups is 2. The zero-order valence-electron chi connectivity index (χ0n) is 41.6. The minimum absolute atomic E-state index is 0.0868. The Morgan fingerprint density at radius 3 is 2.06 bits per heavy atom. The molecular weight excluding hydrogens is 948 g/mol. The van der Waals surface area contributed by atoms with E-state index in [1.165, 1.54) is 70.3 Å². The summed E-state index contributed by atoms with van der Waals surface area (Å²) in [6.45, 7) is 4.22. The number of carbonyl (C=O) groups is 2. The molecule has 19 nitrogen and oxygen atoms in total. The van der Waals surface area contributed by atoms with Gasteiger partial charge in [-0.2, -0.15) is 9.29 Å². The van der Waals surface area contributed by atoms with Gasteiger partial charge in [-0.3, -0.25) is 23.2 Å². The summed E-state index contributed by atoms with van der Waals surface area (Å²) < 4.78 is 56.6. The molecule has 70 heavy (non-hydrogen) atoms. The smallest absolute Gasteiger partial charge is 0.462 e. The SMILES string of the molecule is CCCCC/C=C\C/C=C\C/C=C\C=C\[C@H](O)CCCC(=O)O[C@H](COC(=O)CCCCCCCCCCCCCC(C)C)COP(=O)(O)OP(=O)(O)OC[C@H]1O[C@@H](n2ccc(N)nc2=O)[C@H](O)[C@@H]1O. The maximum atomic E-state index is 12.9. The standard InChI is InChI=1S/C49H83N3O16P2/c1-4-5-6-7-8-9-10-11-14-17-20-23-26-30-40(53)31-28-33-45(55)66-41(36-63-44(54)32-27-24-21-18-15-12-13-16-19-22-25-29-39(2)3)37-64-69(59,60)68-70(61,62)65-38-42-46(56)47(57)48(67-42)52-35-34-43(50)51-49(52)58/h8-9,11,14,20,23,26,30,34-35,39-42,46-48,53,56-57H,4-7,10,12-13,15-19,21-22,24-25,27-29,31-33,36-38H2,1-3H3,(H,59,60)(H,61,62)(H2,50,51,58)/b9-8-,14-11-,23-20-,30-26+/t40-,41+,42+,46+,47+,48+/m0/s1. The molecule has 7 N–H and O–H groups in total. The average molecular weight is 1030 g/mol. The summed E-state index contributed by atoms with van der Waals surface area (Å²) in [4.78, 5) is 61.9. The van der Waals surface area contributed by atoms with Gasteiger partial charge in [0.1, 0.15) is 30.7 Å². The van der Waals surface area contributed by atoms with Crippen LogP contribution in [-0.2, 0) is 46.3 Å². The van der Waals surface area contributed by atoms with Crippen molar-refractivity contribution in [2.75, 3.05) is 25.6 Å². The van der Waals surface area contributed by atoms with E-state index >= 15 is 0 Å². The first-order valence-electron chi connectivity index (χ1n) is 25.1. The van der Waals surface area contributed by atoms with Crippen molar-refractivity contribution in [1.29, 1.82) is 0 Å². The summed E-state index contributed by atoms with van der Waals surface area (Å²) in [7, 11) is -10.9. The molecule has 1 aromatic heterocycles. The van der Waals surface area contributed by atoms with Crippen molar-refractivity contribution >= 4 is 33.4 Å². The first-order chi connectivity index (χ1) is 33.4. The van der Waals surface area contributed by atoms with E-state index in [4.69, 9.17) is 29.0 Å². The number of nitrogens with two attached hydrogens (primary N) is 1. The van der Waals surface area contributed by atoms with Crippen LogP contribution in [0.15, 0.2) is 65.7 Å². The number of hydrogen-bond donors (Lipinski definition) is 6. The fraction of sp³-hybridized carbons (Fsp3) is 0.714. The number of carbonyl (C=O) groups excluding carboxylic acids is 2. The topological polar surface area (TPSA) is 286 Å². The molecule has 8 atom stereocenters. The van der Waals surface area contributed by atoms with Crippen molar-refractivity contribution < 1.29 is 71.4 Å². The van der Waals surface area contributed by atoms with Crippen LogP contribution in [0.4, 0.5) is 5.82 Å². The van der Waals surface area contributed by atoms with Gasteiger partial charge in [0.25, 0.3) is 0 Å². The van der Waals surface area contributed by atoms with E-state index in [0.29, 0.717) is 6.42 Å². The number of unbranched alkanes of at least 4 members (excludes halogenated alkanes) is 13. The van der Waals surface area contributed by atoms with Crippen LogP contribution >= 0.6 is 15.6 Å². The van der Waals surface area contributed by atoms with Crippen molar-refractivity contribution in [1.82, 2.24) is 9.55 Å². The van der Waals surface area contributed by atoms with E-state index < -0.39 is 89.8 Å². The van der Waals surface area contributed by atoms with Crippen molar-refractivity contribution in [2.45, 2.75) is 199 Å². The molecule has 0 spiro atoms. The van der Waals surface area contributed by atoms with Gasteiger partial charge in [-0.25, -0.2) is 13.9 Å². The first kappa shape index (κ1) is 62.8. The average Bonchev–Trinajstić information content (AvgIpc) is 3.58. The highest BCUT2D eigenvalue weighted by Crippen LogP contribution is 2.60. The van der Waals surface area contributed by atoms with Crippen LogP contribution < -0.4 is 11.4 Å². The lowest BCUT2D eigenvalue weighted by Crippen LogP contribution is -2.36. The van der Waals surface area contributed by atoms with Gasteiger partial charge >= 0.3 is 33.3 Å². The van der Waals surface area contributed by atoms with E-state index in [-0.39, 0.29) is 31.5 Å². The van der Waals surface area contributed by atoms with Crippen molar-refractivity contribution in [3.05, 3.63) is 71.4 Å². The number of aliphatic hydroxyl groups excluding tert-OH is 3. The van der Waals surface area contributed by atoms with Gasteiger partial charge in [0, 0.05) is 19.0 Å². The van der Waals surface area contributed by atoms with Gasteiger partial charge < -0.3 is 45.1 Å². The molecule has 1 saturated heterocycles. The van der Waals surface area contributed by atoms with Gasteiger partial charge in [0.15, 0.2) is 12.3 Å². The summed E-state index contributed by atoms with van der Waals surface area (Å²) in [5, 5.41) is 31.3. The molecule has 0 amide bonds. The second kappa shape index (κ2) is 36.6. The lowest BCUT2D eigenvalue weighted by molar-refractivity contribution is -0.161. The Kier molecular flexibility index (Phi) is 32.8. The van der Waals surface area contributed by atoms with E-state index in [0.717, 1.165) is 61.6 Å². The lowest BCUT2D eigenvalue weighted by Gasteiger charge is -2.21. The molecule has 0 bridgehead atoms. The number of phosphoric acid groups is 2. The Bertz CT molecular complexity index is 1890. The second-order valence-corrected chi connectivity index (χ2v) is 21.0. The van der Waals surface area contributed by atoms with Crippen LogP contribution in [0.3, 0.4) is 0 Å². The Morgan fingerprint density at radius 1 is 0.786 bits per heavy atom. The highest BCUT2D eigenvalue weighted by atomic mass is 31.3. The van der Waals surface area contributed by atoms with Crippen LogP contribution in [0.5, 0.6) is 0 Å². The molecule has 21 heteroatoms. The predicted octanol–water partition coefficient (Wildman–Crippen LogP) is 8.99. The van der Waals surface area contributed by atoms with Crippen LogP contribution in [0.1, 0.15) is 168 Å². The lowest BCUT2D eigenvalue weighted by atomic mass is 10.0. The summed E-state index contributed by atoms with van der Waals surface area (Å²) in [5.41, 5.74) is 4.57. The molecule has 2 rings (SSSR count). The Hall–Kier alpha value is -3.32. The number of nitrogens with zero attached hydrogens (tertiary/aromatic N) is 2. The number of anilines is 1. The molecule has 1 aliphatic heterocycles. The maximum Gasteiger partial charge on any atom is 0.481 e. The third kappa shape index (κ3) is 29.9.